The molecule has 0 spiro atoms. The molecule has 1 heterocycles. The molecular formula is C15H24ClN3. The second-order valence-corrected chi connectivity index (χ2v) is 7.67. The lowest BCUT2D eigenvalue weighted by atomic mass is 9.68. The number of rotatable bonds is 3. The van der Waals surface area contributed by atoms with Gasteiger partial charge in [0.2, 0.25) is 0 Å². The summed E-state index contributed by atoms with van der Waals surface area (Å²) in [5, 5.41) is 4.48. The van der Waals surface area contributed by atoms with Gasteiger partial charge in [0.1, 0.15) is 11.0 Å². The van der Waals surface area contributed by atoms with E-state index >= 15 is 0 Å². The molecule has 3 rings (SSSR count). The molecule has 1 aromatic heterocycles. The Balaban J connectivity index is 1.75. The average molecular weight is 282 g/mol. The fourth-order valence-corrected chi connectivity index (χ4v) is 4.74. The Labute approximate surface area is 120 Å². The van der Waals surface area contributed by atoms with Crippen LogP contribution in [0, 0.1) is 16.7 Å². The zero-order valence-electron chi connectivity index (χ0n) is 12.3. The molecule has 0 saturated heterocycles. The van der Waals surface area contributed by atoms with E-state index < -0.39 is 0 Å². The number of halogens is 1. The predicted octanol–water partition coefficient (Wildman–Crippen LogP) is 3.38. The Morgan fingerprint density at radius 3 is 2.74 bits per heavy atom. The Bertz CT molecular complexity index is 489. The molecule has 2 fully saturated rings. The van der Waals surface area contributed by atoms with Gasteiger partial charge in [-0.05, 0) is 36.0 Å². The molecule has 0 aromatic carbocycles. The summed E-state index contributed by atoms with van der Waals surface area (Å²) in [6.45, 7) is 8.10. The van der Waals surface area contributed by atoms with Gasteiger partial charge in [0.05, 0.1) is 12.7 Å². The molecule has 1 aromatic rings. The molecule has 19 heavy (non-hydrogen) atoms. The molecule has 0 radical (unpaired) electrons. The SMILES string of the molecule is Cn1c(Cl)cnc1CNC1C2(C)CCC(C2)C1(C)C. The number of aromatic nitrogens is 2. The van der Waals surface area contributed by atoms with Crippen LogP contribution in [0.25, 0.3) is 0 Å². The number of hydrogen-bond donors (Lipinski definition) is 1. The minimum Gasteiger partial charge on any atom is -0.321 e. The fraction of sp³-hybridized carbons (Fsp3) is 0.800. The van der Waals surface area contributed by atoms with Crippen molar-refractivity contribution in [3.8, 4) is 0 Å². The van der Waals surface area contributed by atoms with Gasteiger partial charge in [-0.1, -0.05) is 32.4 Å². The maximum atomic E-state index is 6.04. The highest BCUT2D eigenvalue weighted by molar-refractivity contribution is 6.29. The number of imidazole rings is 1. The predicted molar refractivity (Wildman–Crippen MR) is 78.1 cm³/mol. The highest BCUT2D eigenvalue weighted by atomic mass is 35.5. The molecule has 2 aliphatic carbocycles. The van der Waals surface area contributed by atoms with E-state index in [4.69, 9.17) is 11.6 Å². The first-order valence-corrected chi connectivity index (χ1v) is 7.62. The summed E-state index contributed by atoms with van der Waals surface area (Å²) in [4.78, 5) is 4.38. The molecular weight excluding hydrogens is 258 g/mol. The van der Waals surface area contributed by atoms with Crippen molar-refractivity contribution in [2.75, 3.05) is 0 Å². The molecule has 3 atom stereocenters. The van der Waals surface area contributed by atoms with Crippen LogP contribution in [-0.2, 0) is 13.6 Å². The average Bonchev–Trinajstić information content (AvgIpc) is 2.92. The summed E-state index contributed by atoms with van der Waals surface area (Å²) >= 11 is 6.04. The minimum atomic E-state index is 0.391. The summed E-state index contributed by atoms with van der Waals surface area (Å²) < 4.78 is 1.96. The summed E-state index contributed by atoms with van der Waals surface area (Å²) in [6, 6.07) is 0.578. The Hall–Kier alpha value is -0.540. The second-order valence-electron chi connectivity index (χ2n) is 7.29. The molecule has 0 aliphatic heterocycles. The first-order chi connectivity index (χ1) is 8.84. The largest absolute Gasteiger partial charge is 0.321 e. The van der Waals surface area contributed by atoms with E-state index in [9.17, 15) is 0 Å². The number of hydrogen-bond acceptors (Lipinski definition) is 2. The van der Waals surface area contributed by atoms with Crippen LogP contribution < -0.4 is 5.32 Å². The van der Waals surface area contributed by atoms with Crippen molar-refractivity contribution < 1.29 is 0 Å². The molecule has 3 unspecified atom stereocenters. The zero-order valence-corrected chi connectivity index (χ0v) is 13.1. The molecule has 106 valence electrons. The van der Waals surface area contributed by atoms with Gasteiger partial charge >= 0.3 is 0 Å². The van der Waals surface area contributed by atoms with Crippen molar-refractivity contribution in [3.63, 3.8) is 0 Å². The Kier molecular flexibility index (Phi) is 2.99. The number of nitrogens with zero attached hydrogens (tertiary/aromatic N) is 2. The highest BCUT2D eigenvalue weighted by Crippen LogP contribution is 2.62. The van der Waals surface area contributed by atoms with Crippen molar-refractivity contribution in [1.29, 1.82) is 0 Å². The summed E-state index contributed by atoms with van der Waals surface area (Å²) in [5.74, 6) is 1.90. The zero-order chi connectivity index (χ0) is 13.8. The van der Waals surface area contributed by atoms with Gasteiger partial charge in [-0.2, -0.15) is 0 Å². The van der Waals surface area contributed by atoms with Crippen LogP contribution >= 0.6 is 11.6 Å². The molecule has 2 saturated carbocycles. The minimum absolute atomic E-state index is 0.391. The van der Waals surface area contributed by atoms with Gasteiger partial charge in [-0.25, -0.2) is 4.98 Å². The van der Waals surface area contributed by atoms with E-state index in [1.165, 1.54) is 19.3 Å². The maximum absolute atomic E-state index is 6.04. The van der Waals surface area contributed by atoms with Crippen molar-refractivity contribution in [2.45, 2.75) is 52.6 Å². The van der Waals surface area contributed by atoms with Crippen LogP contribution in [-0.4, -0.2) is 15.6 Å². The second kappa shape index (κ2) is 4.23. The van der Waals surface area contributed by atoms with Crippen LogP contribution in [0.15, 0.2) is 6.20 Å². The van der Waals surface area contributed by atoms with Gasteiger partial charge in [-0.15, -0.1) is 0 Å². The van der Waals surface area contributed by atoms with Crippen molar-refractivity contribution in [2.24, 2.45) is 23.8 Å². The van der Waals surface area contributed by atoms with Crippen LogP contribution in [0.3, 0.4) is 0 Å². The molecule has 4 heteroatoms. The molecule has 2 bridgehead atoms. The van der Waals surface area contributed by atoms with Gasteiger partial charge < -0.3 is 9.88 Å². The number of fused-ring (bicyclic) bond motifs is 2. The van der Waals surface area contributed by atoms with Crippen molar-refractivity contribution >= 4 is 11.6 Å². The molecule has 0 amide bonds. The molecule has 1 N–H and O–H groups in total. The third-order valence-corrected chi connectivity index (χ3v) is 6.11. The first kappa shape index (κ1) is 13.4. The molecule has 3 nitrogen and oxygen atoms in total. The molecule has 2 aliphatic rings. The van der Waals surface area contributed by atoms with Crippen LogP contribution in [0.1, 0.15) is 45.9 Å². The fourth-order valence-electron chi connectivity index (χ4n) is 4.59. The van der Waals surface area contributed by atoms with E-state index in [0.29, 0.717) is 22.0 Å². The smallest absolute Gasteiger partial charge is 0.128 e. The number of nitrogens with one attached hydrogen (secondary N) is 1. The third kappa shape index (κ3) is 1.93. The Morgan fingerprint density at radius 1 is 1.47 bits per heavy atom. The highest BCUT2D eigenvalue weighted by Gasteiger charge is 2.58. The van der Waals surface area contributed by atoms with E-state index in [1.54, 1.807) is 6.20 Å². The van der Waals surface area contributed by atoms with E-state index in [-0.39, 0.29) is 0 Å². The standard InChI is InChI=1S/C15H24ClN3/c1-14(2)10-5-6-15(3,7-10)13(14)18-9-12-17-8-11(16)19(12)4/h8,10,13,18H,5-7,9H2,1-4H3. The summed E-state index contributed by atoms with van der Waals surface area (Å²) in [5.41, 5.74) is 0.852. The van der Waals surface area contributed by atoms with Gasteiger partial charge in [0.25, 0.3) is 0 Å². The Morgan fingerprint density at radius 2 is 2.21 bits per heavy atom. The van der Waals surface area contributed by atoms with E-state index in [0.717, 1.165) is 18.3 Å². The van der Waals surface area contributed by atoms with E-state index in [2.05, 4.69) is 31.1 Å². The first-order valence-electron chi connectivity index (χ1n) is 7.24. The lowest BCUT2D eigenvalue weighted by Crippen LogP contribution is -2.50. The van der Waals surface area contributed by atoms with Crippen LogP contribution in [0.5, 0.6) is 0 Å². The topological polar surface area (TPSA) is 29.9 Å². The van der Waals surface area contributed by atoms with Crippen LogP contribution in [0.2, 0.25) is 5.15 Å². The van der Waals surface area contributed by atoms with Crippen LogP contribution in [0.4, 0.5) is 0 Å². The summed E-state index contributed by atoms with van der Waals surface area (Å²) in [6.07, 6.45) is 5.86. The van der Waals surface area contributed by atoms with Gasteiger partial charge in [-0.3, -0.25) is 0 Å². The van der Waals surface area contributed by atoms with Crippen molar-refractivity contribution in [3.05, 3.63) is 17.2 Å². The lowest BCUT2D eigenvalue weighted by molar-refractivity contribution is 0.107. The van der Waals surface area contributed by atoms with Gasteiger partial charge in [0, 0.05) is 13.1 Å². The maximum Gasteiger partial charge on any atom is 0.128 e. The third-order valence-electron chi connectivity index (χ3n) is 5.76. The van der Waals surface area contributed by atoms with Gasteiger partial charge in [0.15, 0.2) is 0 Å². The van der Waals surface area contributed by atoms with Crippen molar-refractivity contribution in [1.82, 2.24) is 14.9 Å². The lowest BCUT2D eigenvalue weighted by Gasteiger charge is -2.43. The summed E-state index contributed by atoms with van der Waals surface area (Å²) in [7, 11) is 1.97. The van der Waals surface area contributed by atoms with E-state index in [1.807, 2.05) is 11.6 Å². The quantitative estimate of drug-likeness (QED) is 0.920. The monoisotopic (exact) mass is 281 g/mol. The normalized spacial score (nSPS) is 36.1.